The van der Waals surface area contributed by atoms with E-state index in [2.05, 4.69) is 40.7 Å². The van der Waals surface area contributed by atoms with E-state index in [0.717, 1.165) is 44.8 Å². The number of aliphatic hydroxyl groups is 1. The van der Waals surface area contributed by atoms with E-state index < -0.39 is 5.60 Å². The van der Waals surface area contributed by atoms with Crippen LogP contribution in [0.15, 0.2) is 24.3 Å². The van der Waals surface area contributed by atoms with Gasteiger partial charge in [0.15, 0.2) is 0 Å². The second-order valence-corrected chi connectivity index (χ2v) is 7.84. The Labute approximate surface area is 150 Å². The number of carbonyl (C=O) groups excluding carboxylic acids is 1. The first-order chi connectivity index (χ1) is 12.0. The van der Waals surface area contributed by atoms with Crippen molar-refractivity contribution >= 4 is 6.03 Å². The summed E-state index contributed by atoms with van der Waals surface area (Å²) in [4.78, 5) is 14.5. The normalized spacial score (nSPS) is 20.7. The molecule has 1 heterocycles. The molecule has 0 bridgehead atoms. The lowest BCUT2D eigenvalue weighted by Crippen LogP contribution is -2.50. The van der Waals surface area contributed by atoms with E-state index in [1.54, 1.807) is 0 Å². The molecule has 3 N–H and O–H groups in total. The van der Waals surface area contributed by atoms with Crippen LogP contribution in [0.4, 0.5) is 4.79 Å². The summed E-state index contributed by atoms with van der Waals surface area (Å²) < 4.78 is 0. The molecular weight excluding hydrogens is 314 g/mol. The number of likely N-dealkylation sites (tertiary alicyclic amines) is 1. The van der Waals surface area contributed by atoms with Gasteiger partial charge in [-0.2, -0.15) is 0 Å². The molecule has 1 aliphatic carbocycles. The molecule has 1 aliphatic heterocycles. The van der Waals surface area contributed by atoms with Crippen LogP contribution in [0, 0.1) is 5.92 Å². The summed E-state index contributed by atoms with van der Waals surface area (Å²) in [6, 6.07) is 8.12. The molecule has 0 radical (unpaired) electrons. The van der Waals surface area contributed by atoms with Crippen LogP contribution in [-0.4, -0.2) is 41.3 Å². The van der Waals surface area contributed by atoms with Gasteiger partial charge in [0, 0.05) is 19.6 Å². The molecule has 0 unspecified atom stereocenters. The number of rotatable bonds is 6. The van der Waals surface area contributed by atoms with Crippen molar-refractivity contribution in [3.63, 3.8) is 0 Å². The third-order valence-corrected chi connectivity index (χ3v) is 5.69. The Kier molecular flexibility index (Phi) is 5.97. The first-order valence-electron chi connectivity index (χ1n) is 9.57. The minimum atomic E-state index is -0.680. The third kappa shape index (κ3) is 5.19. The second-order valence-electron chi connectivity index (χ2n) is 7.84. The van der Waals surface area contributed by atoms with E-state index in [9.17, 15) is 9.90 Å². The molecule has 1 saturated heterocycles. The SMILES string of the molecule is CC1CCN(Cc2ccccc2CNC(=O)NCC2(O)CCC2)CC1. The Morgan fingerprint density at radius 1 is 1.20 bits per heavy atom. The molecular formula is C20H31N3O2. The highest BCUT2D eigenvalue weighted by atomic mass is 16.3. The number of hydrogen-bond acceptors (Lipinski definition) is 3. The fourth-order valence-electron chi connectivity index (χ4n) is 3.59. The van der Waals surface area contributed by atoms with Gasteiger partial charge >= 0.3 is 6.03 Å². The van der Waals surface area contributed by atoms with E-state index in [0.29, 0.717) is 13.1 Å². The number of benzene rings is 1. The van der Waals surface area contributed by atoms with Crippen molar-refractivity contribution in [1.82, 2.24) is 15.5 Å². The highest BCUT2D eigenvalue weighted by Gasteiger charge is 2.34. The highest BCUT2D eigenvalue weighted by molar-refractivity contribution is 5.74. The van der Waals surface area contributed by atoms with Gasteiger partial charge in [-0.15, -0.1) is 0 Å². The number of nitrogens with one attached hydrogen (secondary N) is 2. The zero-order valence-electron chi connectivity index (χ0n) is 15.3. The van der Waals surface area contributed by atoms with Gasteiger partial charge in [-0.3, -0.25) is 4.90 Å². The fourth-order valence-corrected chi connectivity index (χ4v) is 3.59. The molecule has 138 valence electrons. The van der Waals surface area contributed by atoms with Crippen LogP contribution < -0.4 is 10.6 Å². The van der Waals surface area contributed by atoms with Gasteiger partial charge in [-0.1, -0.05) is 31.2 Å². The first-order valence-corrected chi connectivity index (χ1v) is 9.57. The Morgan fingerprint density at radius 3 is 2.52 bits per heavy atom. The maximum Gasteiger partial charge on any atom is 0.315 e. The number of urea groups is 1. The Bertz CT molecular complexity index is 578. The summed E-state index contributed by atoms with van der Waals surface area (Å²) in [5.41, 5.74) is 1.77. The number of carbonyl (C=O) groups is 1. The van der Waals surface area contributed by atoms with Crippen molar-refractivity contribution < 1.29 is 9.90 Å². The number of amides is 2. The summed E-state index contributed by atoms with van der Waals surface area (Å²) in [5.74, 6) is 0.836. The number of piperidine rings is 1. The fraction of sp³-hybridized carbons (Fsp3) is 0.650. The Hall–Kier alpha value is -1.59. The molecule has 2 amide bonds. The summed E-state index contributed by atoms with van der Waals surface area (Å²) >= 11 is 0. The monoisotopic (exact) mass is 345 g/mol. The van der Waals surface area contributed by atoms with Crippen LogP contribution >= 0.6 is 0 Å². The molecule has 2 aliphatic rings. The van der Waals surface area contributed by atoms with E-state index in [1.165, 1.54) is 24.0 Å². The van der Waals surface area contributed by atoms with Gasteiger partial charge in [0.25, 0.3) is 0 Å². The Balaban J connectivity index is 1.47. The van der Waals surface area contributed by atoms with Crippen molar-refractivity contribution in [1.29, 1.82) is 0 Å². The summed E-state index contributed by atoms with van der Waals surface area (Å²) in [7, 11) is 0. The van der Waals surface area contributed by atoms with Gasteiger partial charge in [-0.05, 0) is 62.2 Å². The van der Waals surface area contributed by atoms with Crippen molar-refractivity contribution in [3.05, 3.63) is 35.4 Å². The van der Waals surface area contributed by atoms with Crippen LogP contribution in [0.1, 0.15) is 50.2 Å². The summed E-state index contributed by atoms with van der Waals surface area (Å²) in [6.07, 6.45) is 5.15. The summed E-state index contributed by atoms with van der Waals surface area (Å²) in [5, 5.41) is 15.8. The van der Waals surface area contributed by atoms with Crippen LogP contribution in [-0.2, 0) is 13.1 Å². The maximum atomic E-state index is 12.0. The zero-order valence-corrected chi connectivity index (χ0v) is 15.3. The van der Waals surface area contributed by atoms with E-state index in [-0.39, 0.29) is 6.03 Å². The van der Waals surface area contributed by atoms with Crippen molar-refractivity contribution in [3.8, 4) is 0 Å². The van der Waals surface area contributed by atoms with Gasteiger partial charge in [0.1, 0.15) is 0 Å². The molecule has 2 fully saturated rings. The van der Waals surface area contributed by atoms with Crippen molar-refractivity contribution in [2.24, 2.45) is 5.92 Å². The van der Waals surface area contributed by atoms with Crippen LogP contribution in [0.2, 0.25) is 0 Å². The van der Waals surface area contributed by atoms with E-state index in [1.807, 2.05) is 6.07 Å². The predicted molar refractivity (Wildman–Crippen MR) is 99.2 cm³/mol. The second kappa shape index (κ2) is 8.19. The average Bonchev–Trinajstić information content (AvgIpc) is 2.59. The average molecular weight is 345 g/mol. The quantitative estimate of drug-likeness (QED) is 0.743. The standard InChI is InChI=1S/C20H31N3O2/c1-16-7-11-23(12-8-16)14-18-6-3-2-5-17(18)13-21-19(24)22-15-20(25)9-4-10-20/h2-3,5-6,16,25H,4,7-15H2,1H3,(H2,21,22,24). The minimum Gasteiger partial charge on any atom is -0.388 e. The molecule has 0 aromatic heterocycles. The molecule has 25 heavy (non-hydrogen) atoms. The number of nitrogens with zero attached hydrogens (tertiary/aromatic N) is 1. The molecule has 1 saturated carbocycles. The molecule has 0 atom stereocenters. The molecule has 1 aromatic carbocycles. The molecule has 5 nitrogen and oxygen atoms in total. The largest absolute Gasteiger partial charge is 0.388 e. The van der Waals surface area contributed by atoms with Crippen LogP contribution in [0.25, 0.3) is 0 Å². The Morgan fingerprint density at radius 2 is 1.88 bits per heavy atom. The topological polar surface area (TPSA) is 64.6 Å². The number of hydrogen-bond donors (Lipinski definition) is 3. The smallest absolute Gasteiger partial charge is 0.315 e. The van der Waals surface area contributed by atoms with Crippen LogP contribution in [0.5, 0.6) is 0 Å². The van der Waals surface area contributed by atoms with Gasteiger partial charge in [0.05, 0.1) is 5.60 Å². The molecule has 5 heteroatoms. The van der Waals surface area contributed by atoms with Crippen molar-refractivity contribution in [2.75, 3.05) is 19.6 Å². The molecule has 3 rings (SSSR count). The van der Waals surface area contributed by atoms with Crippen molar-refractivity contribution in [2.45, 2.75) is 57.7 Å². The third-order valence-electron chi connectivity index (χ3n) is 5.69. The van der Waals surface area contributed by atoms with E-state index >= 15 is 0 Å². The highest BCUT2D eigenvalue weighted by Crippen LogP contribution is 2.30. The minimum absolute atomic E-state index is 0.207. The van der Waals surface area contributed by atoms with E-state index in [4.69, 9.17) is 0 Å². The van der Waals surface area contributed by atoms with Gasteiger partial charge in [-0.25, -0.2) is 4.79 Å². The molecule has 1 aromatic rings. The first kappa shape index (κ1) is 18.2. The van der Waals surface area contributed by atoms with Crippen LogP contribution in [0.3, 0.4) is 0 Å². The predicted octanol–water partition coefficient (Wildman–Crippen LogP) is 2.63. The van der Waals surface area contributed by atoms with Gasteiger partial charge < -0.3 is 15.7 Å². The molecule has 0 spiro atoms. The lowest BCUT2D eigenvalue weighted by Gasteiger charge is -2.36. The lowest BCUT2D eigenvalue weighted by molar-refractivity contribution is -0.0290. The lowest BCUT2D eigenvalue weighted by atomic mass is 9.80. The van der Waals surface area contributed by atoms with Gasteiger partial charge in [0.2, 0.25) is 0 Å². The maximum absolute atomic E-state index is 12.0. The summed E-state index contributed by atoms with van der Waals surface area (Å²) in [6.45, 7) is 6.45. The zero-order chi connectivity index (χ0) is 17.7.